The molecule has 3 rings (SSSR count). The maximum Gasteiger partial charge on any atom is 0.148 e. The molecule has 2 aromatic rings. The number of nitrogens with zero attached hydrogens (tertiary/aromatic N) is 2. The number of aromatic nitrogens is 2. The average Bonchev–Trinajstić information content (AvgIpc) is 2.71. The Kier molecular flexibility index (Phi) is 2.95. The Hall–Kier alpha value is -1.94. The van der Waals surface area contributed by atoms with Gasteiger partial charge in [-0.3, -0.25) is 4.98 Å². The average molecular weight is 254 g/mol. The van der Waals surface area contributed by atoms with E-state index in [1.165, 1.54) is 11.1 Å². The van der Waals surface area contributed by atoms with Crippen LogP contribution in [0.4, 0.5) is 5.82 Å². The van der Waals surface area contributed by atoms with Crippen molar-refractivity contribution in [1.82, 2.24) is 9.97 Å². The third-order valence-corrected chi connectivity index (χ3v) is 3.64. The van der Waals surface area contributed by atoms with Gasteiger partial charge in [-0.1, -0.05) is 24.3 Å². The first kappa shape index (κ1) is 12.1. The van der Waals surface area contributed by atoms with Crippen molar-refractivity contribution in [2.24, 2.45) is 5.73 Å². The lowest BCUT2D eigenvalue weighted by Gasteiger charge is -2.20. The van der Waals surface area contributed by atoms with Crippen LogP contribution in [-0.2, 0) is 6.42 Å². The molecule has 2 atom stereocenters. The van der Waals surface area contributed by atoms with E-state index in [1.54, 1.807) is 6.20 Å². The topological polar surface area (TPSA) is 63.8 Å². The molecule has 0 saturated heterocycles. The summed E-state index contributed by atoms with van der Waals surface area (Å²) in [7, 11) is 0. The molecule has 0 spiro atoms. The first-order chi connectivity index (χ1) is 9.15. The Morgan fingerprint density at radius 1 is 1.26 bits per heavy atom. The van der Waals surface area contributed by atoms with Crippen LogP contribution >= 0.6 is 0 Å². The zero-order valence-electron chi connectivity index (χ0n) is 11.2. The highest BCUT2D eigenvalue weighted by Crippen LogP contribution is 2.32. The fourth-order valence-corrected chi connectivity index (χ4v) is 2.63. The van der Waals surface area contributed by atoms with Gasteiger partial charge in [0.25, 0.3) is 0 Å². The Balaban J connectivity index is 1.93. The smallest absolute Gasteiger partial charge is 0.148 e. The third-order valence-electron chi connectivity index (χ3n) is 3.64. The summed E-state index contributed by atoms with van der Waals surface area (Å²) in [6.07, 6.45) is 2.69. The van der Waals surface area contributed by atoms with E-state index in [9.17, 15) is 0 Å². The van der Waals surface area contributed by atoms with Gasteiger partial charge in [0.05, 0.1) is 17.4 Å². The molecule has 19 heavy (non-hydrogen) atoms. The summed E-state index contributed by atoms with van der Waals surface area (Å²) in [5.41, 5.74) is 10.7. The molecule has 98 valence electrons. The number of hydrogen-bond acceptors (Lipinski definition) is 4. The number of nitrogens with two attached hydrogens (primary N) is 1. The molecule has 1 heterocycles. The van der Waals surface area contributed by atoms with Crippen molar-refractivity contribution in [2.45, 2.75) is 32.4 Å². The number of benzene rings is 1. The van der Waals surface area contributed by atoms with Gasteiger partial charge in [0, 0.05) is 12.2 Å². The van der Waals surface area contributed by atoms with E-state index < -0.39 is 0 Å². The van der Waals surface area contributed by atoms with E-state index >= 15 is 0 Å². The van der Waals surface area contributed by atoms with E-state index in [2.05, 4.69) is 39.6 Å². The van der Waals surface area contributed by atoms with Gasteiger partial charge in [-0.05, 0) is 31.4 Å². The molecular weight excluding hydrogens is 236 g/mol. The summed E-state index contributed by atoms with van der Waals surface area (Å²) in [6, 6.07) is 8.60. The van der Waals surface area contributed by atoms with E-state index in [1.807, 2.05) is 13.8 Å². The normalized spacial score (nSPS) is 21.2. The molecule has 1 aliphatic carbocycles. The highest BCUT2D eigenvalue weighted by atomic mass is 15.1. The number of aryl methyl sites for hydroxylation is 2. The van der Waals surface area contributed by atoms with Crippen LogP contribution in [0.5, 0.6) is 0 Å². The van der Waals surface area contributed by atoms with Crippen molar-refractivity contribution < 1.29 is 0 Å². The lowest BCUT2D eigenvalue weighted by atomic mass is 10.1. The Morgan fingerprint density at radius 2 is 2.05 bits per heavy atom. The van der Waals surface area contributed by atoms with Gasteiger partial charge >= 0.3 is 0 Å². The van der Waals surface area contributed by atoms with Crippen LogP contribution in [0.2, 0.25) is 0 Å². The van der Waals surface area contributed by atoms with Gasteiger partial charge < -0.3 is 11.1 Å². The van der Waals surface area contributed by atoms with Gasteiger partial charge in [-0.25, -0.2) is 4.98 Å². The fourth-order valence-electron chi connectivity index (χ4n) is 2.63. The van der Waals surface area contributed by atoms with E-state index in [-0.39, 0.29) is 12.1 Å². The lowest BCUT2D eigenvalue weighted by Crippen LogP contribution is -2.30. The van der Waals surface area contributed by atoms with Crippen molar-refractivity contribution in [3.05, 3.63) is 53.0 Å². The first-order valence-electron chi connectivity index (χ1n) is 6.55. The summed E-state index contributed by atoms with van der Waals surface area (Å²) in [4.78, 5) is 8.85. The molecule has 0 fully saturated rings. The Bertz CT molecular complexity index is 609. The van der Waals surface area contributed by atoms with Crippen LogP contribution in [0.3, 0.4) is 0 Å². The number of fused-ring (bicyclic) bond motifs is 1. The van der Waals surface area contributed by atoms with Crippen molar-refractivity contribution in [3.63, 3.8) is 0 Å². The van der Waals surface area contributed by atoms with Crippen LogP contribution in [0.1, 0.15) is 28.6 Å². The minimum absolute atomic E-state index is 0.0825. The predicted octanol–water partition coefficient (Wildman–Crippen LogP) is 2.13. The molecule has 3 N–H and O–H groups in total. The molecule has 0 saturated carbocycles. The molecule has 1 aliphatic rings. The number of nitrogens with one attached hydrogen (secondary N) is 1. The summed E-state index contributed by atoms with van der Waals surface area (Å²) in [5.74, 6) is 0.831. The zero-order valence-corrected chi connectivity index (χ0v) is 11.2. The second-order valence-corrected chi connectivity index (χ2v) is 5.13. The maximum absolute atomic E-state index is 6.25. The summed E-state index contributed by atoms with van der Waals surface area (Å²) in [6.45, 7) is 3.90. The number of rotatable bonds is 2. The molecule has 0 aliphatic heterocycles. The van der Waals surface area contributed by atoms with Crippen LogP contribution in [0, 0.1) is 13.8 Å². The molecule has 1 aromatic carbocycles. The van der Waals surface area contributed by atoms with Gasteiger partial charge in [-0.15, -0.1) is 0 Å². The number of hydrogen-bond donors (Lipinski definition) is 2. The minimum Gasteiger partial charge on any atom is -0.360 e. The van der Waals surface area contributed by atoms with Crippen LogP contribution in [0.25, 0.3) is 0 Å². The SMILES string of the molecule is Cc1cnc(C)c(NC2c3ccccc3CC2N)n1. The molecule has 0 bridgehead atoms. The monoisotopic (exact) mass is 254 g/mol. The summed E-state index contributed by atoms with van der Waals surface area (Å²) in [5, 5.41) is 3.46. The molecule has 1 aromatic heterocycles. The lowest BCUT2D eigenvalue weighted by molar-refractivity contribution is 0.622. The predicted molar refractivity (Wildman–Crippen MR) is 76.0 cm³/mol. The highest BCUT2D eigenvalue weighted by Gasteiger charge is 2.30. The van der Waals surface area contributed by atoms with Crippen LogP contribution in [0.15, 0.2) is 30.5 Å². The van der Waals surface area contributed by atoms with Crippen molar-refractivity contribution in [3.8, 4) is 0 Å². The van der Waals surface area contributed by atoms with Gasteiger partial charge in [0.2, 0.25) is 0 Å². The summed E-state index contributed by atoms with van der Waals surface area (Å²) < 4.78 is 0. The maximum atomic E-state index is 6.25. The molecule has 4 heteroatoms. The highest BCUT2D eigenvalue weighted by molar-refractivity contribution is 5.47. The molecule has 4 nitrogen and oxygen atoms in total. The van der Waals surface area contributed by atoms with Gasteiger partial charge in [0.1, 0.15) is 5.82 Å². The first-order valence-corrected chi connectivity index (χ1v) is 6.55. The van der Waals surface area contributed by atoms with Crippen LogP contribution in [-0.4, -0.2) is 16.0 Å². The quantitative estimate of drug-likeness (QED) is 0.861. The third kappa shape index (κ3) is 2.19. The molecule has 0 amide bonds. The fraction of sp³-hybridized carbons (Fsp3) is 0.333. The standard InChI is InChI=1S/C15H18N4/c1-9-8-17-10(2)15(18-9)19-14-12-6-4-3-5-11(12)7-13(14)16/h3-6,8,13-14H,7,16H2,1-2H3,(H,18,19). The van der Waals surface area contributed by atoms with E-state index in [0.29, 0.717) is 0 Å². The van der Waals surface area contributed by atoms with Gasteiger partial charge in [0.15, 0.2) is 0 Å². The second-order valence-electron chi connectivity index (χ2n) is 5.13. The molecule has 2 unspecified atom stereocenters. The second kappa shape index (κ2) is 4.63. The zero-order chi connectivity index (χ0) is 13.4. The Morgan fingerprint density at radius 3 is 2.89 bits per heavy atom. The minimum atomic E-state index is 0.0825. The van der Waals surface area contributed by atoms with Crippen molar-refractivity contribution in [2.75, 3.05) is 5.32 Å². The molecular formula is C15H18N4. The summed E-state index contributed by atoms with van der Waals surface area (Å²) >= 11 is 0. The Labute approximate surface area is 113 Å². The molecule has 0 radical (unpaired) electrons. The van der Waals surface area contributed by atoms with E-state index in [0.717, 1.165) is 23.6 Å². The van der Waals surface area contributed by atoms with Crippen molar-refractivity contribution in [1.29, 1.82) is 0 Å². The largest absolute Gasteiger partial charge is 0.360 e. The van der Waals surface area contributed by atoms with Gasteiger partial charge in [-0.2, -0.15) is 0 Å². The van der Waals surface area contributed by atoms with E-state index in [4.69, 9.17) is 5.73 Å². The number of anilines is 1. The van der Waals surface area contributed by atoms with Crippen molar-refractivity contribution >= 4 is 5.82 Å². The van der Waals surface area contributed by atoms with Crippen LogP contribution < -0.4 is 11.1 Å².